The van der Waals surface area contributed by atoms with E-state index in [1.54, 1.807) is 6.07 Å². The van der Waals surface area contributed by atoms with Gasteiger partial charge in [-0.1, -0.05) is 18.9 Å². The molecule has 2 saturated carbocycles. The fraction of sp³-hybridized carbons (Fsp3) is 0.700. The summed E-state index contributed by atoms with van der Waals surface area (Å²) in [4.78, 5) is 0. The summed E-state index contributed by atoms with van der Waals surface area (Å²) < 4.78 is 26.9. The van der Waals surface area contributed by atoms with E-state index in [9.17, 15) is 8.78 Å². The summed E-state index contributed by atoms with van der Waals surface area (Å²) in [5, 5.41) is 3.76. The molecule has 0 bridgehead atoms. The van der Waals surface area contributed by atoms with Crippen LogP contribution in [0, 0.1) is 17.6 Å². The lowest BCUT2D eigenvalue weighted by Crippen LogP contribution is -2.40. The molecule has 1 N–H and O–H groups in total. The lowest BCUT2D eigenvalue weighted by Gasteiger charge is -2.31. The second-order valence-corrected chi connectivity index (χ2v) is 7.87. The van der Waals surface area contributed by atoms with E-state index in [0.29, 0.717) is 11.1 Å². The summed E-state index contributed by atoms with van der Waals surface area (Å²) in [7, 11) is 0. The molecule has 0 saturated heterocycles. The molecule has 0 unspecified atom stereocenters. The normalized spacial score (nSPS) is 27.3. The average Bonchev–Trinajstić information content (AvgIpc) is 2.95. The molecule has 1 aromatic rings. The van der Waals surface area contributed by atoms with Crippen LogP contribution in [0.5, 0.6) is 0 Å². The van der Waals surface area contributed by atoms with E-state index < -0.39 is 5.82 Å². The Bertz CT molecular complexity index is 514. The van der Waals surface area contributed by atoms with E-state index >= 15 is 0 Å². The molecule has 1 aromatic carbocycles. The highest BCUT2D eigenvalue weighted by molar-refractivity contribution is 5.23. The molecule has 128 valence electrons. The summed E-state index contributed by atoms with van der Waals surface area (Å²) >= 11 is 0. The molecular formula is C20H29F2N. The van der Waals surface area contributed by atoms with Gasteiger partial charge in [0.2, 0.25) is 0 Å². The molecule has 2 aliphatic rings. The first-order valence-corrected chi connectivity index (χ1v) is 9.26. The summed E-state index contributed by atoms with van der Waals surface area (Å²) in [5.74, 6) is 0.176. The quantitative estimate of drug-likeness (QED) is 0.749. The maximum Gasteiger partial charge on any atom is 0.129 e. The van der Waals surface area contributed by atoms with Crippen LogP contribution in [0.3, 0.4) is 0 Å². The molecular weight excluding hydrogens is 292 g/mol. The van der Waals surface area contributed by atoms with Gasteiger partial charge in [0, 0.05) is 11.6 Å². The molecule has 3 heteroatoms. The minimum atomic E-state index is -0.480. The minimum Gasteiger partial charge on any atom is -0.312 e. The summed E-state index contributed by atoms with van der Waals surface area (Å²) in [5.41, 5.74) is 1.08. The predicted molar refractivity (Wildman–Crippen MR) is 90.5 cm³/mol. The highest BCUT2D eigenvalue weighted by atomic mass is 19.1. The van der Waals surface area contributed by atoms with Crippen LogP contribution in [0.2, 0.25) is 0 Å². The monoisotopic (exact) mass is 321 g/mol. The molecule has 0 radical (unpaired) electrons. The van der Waals surface area contributed by atoms with Crippen molar-refractivity contribution >= 4 is 0 Å². The Morgan fingerprint density at radius 3 is 2.43 bits per heavy atom. The van der Waals surface area contributed by atoms with Crippen molar-refractivity contribution in [3.63, 3.8) is 0 Å². The van der Waals surface area contributed by atoms with Gasteiger partial charge < -0.3 is 5.32 Å². The number of rotatable bonds is 5. The van der Waals surface area contributed by atoms with Gasteiger partial charge in [-0.15, -0.1) is 0 Å². The molecule has 1 nitrogen and oxygen atoms in total. The fourth-order valence-corrected chi connectivity index (χ4v) is 4.50. The van der Waals surface area contributed by atoms with Gasteiger partial charge in [0.25, 0.3) is 0 Å². The zero-order chi connectivity index (χ0) is 16.3. The molecule has 2 fully saturated rings. The first-order valence-electron chi connectivity index (χ1n) is 9.26. The largest absolute Gasteiger partial charge is 0.312 e. The minimum absolute atomic E-state index is 0.271. The Balaban J connectivity index is 1.43. The number of hydrogen-bond acceptors (Lipinski definition) is 1. The van der Waals surface area contributed by atoms with E-state index in [-0.39, 0.29) is 11.7 Å². The van der Waals surface area contributed by atoms with E-state index in [0.717, 1.165) is 31.4 Å². The van der Waals surface area contributed by atoms with Crippen molar-refractivity contribution in [2.45, 2.75) is 76.2 Å². The molecule has 0 aromatic heterocycles. The smallest absolute Gasteiger partial charge is 0.129 e. The number of hydrogen-bond donors (Lipinski definition) is 1. The topological polar surface area (TPSA) is 12.0 Å². The fourth-order valence-electron chi connectivity index (χ4n) is 4.50. The third-order valence-corrected chi connectivity index (χ3v) is 6.06. The number of nitrogens with one attached hydrogen (secondary N) is 1. The predicted octanol–water partition coefficient (Wildman–Crippen LogP) is 5.55. The van der Waals surface area contributed by atoms with Crippen molar-refractivity contribution in [2.75, 3.05) is 6.54 Å². The van der Waals surface area contributed by atoms with Gasteiger partial charge in [0.15, 0.2) is 0 Å². The molecule has 0 spiro atoms. The van der Waals surface area contributed by atoms with Crippen molar-refractivity contribution in [2.24, 2.45) is 5.92 Å². The third-order valence-electron chi connectivity index (χ3n) is 6.06. The molecule has 0 heterocycles. The van der Waals surface area contributed by atoms with Crippen molar-refractivity contribution < 1.29 is 8.78 Å². The van der Waals surface area contributed by atoms with E-state index in [4.69, 9.17) is 0 Å². The van der Waals surface area contributed by atoms with E-state index in [1.807, 2.05) is 0 Å². The van der Waals surface area contributed by atoms with Crippen LogP contribution in [0.15, 0.2) is 18.2 Å². The van der Waals surface area contributed by atoms with Crippen LogP contribution < -0.4 is 5.32 Å². The zero-order valence-electron chi connectivity index (χ0n) is 14.2. The van der Waals surface area contributed by atoms with Crippen LogP contribution in [0.4, 0.5) is 8.78 Å². The van der Waals surface area contributed by atoms with Gasteiger partial charge in [-0.3, -0.25) is 0 Å². The molecule has 23 heavy (non-hydrogen) atoms. The summed E-state index contributed by atoms with van der Waals surface area (Å²) in [6.07, 6.45) is 11.0. The standard InChI is InChI=1S/C20H29F2N/c1-20(11-2-3-12-20)23-13-10-15-4-6-16(7-5-15)18-9-8-17(21)14-19(18)22/h8-9,14-16,23H,2-7,10-13H2,1H3. The highest BCUT2D eigenvalue weighted by Crippen LogP contribution is 2.38. The first-order chi connectivity index (χ1) is 11.1. The van der Waals surface area contributed by atoms with Gasteiger partial charge in [-0.25, -0.2) is 8.78 Å². The Morgan fingerprint density at radius 1 is 1.09 bits per heavy atom. The van der Waals surface area contributed by atoms with Crippen molar-refractivity contribution in [3.05, 3.63) is 35.4 Å². The molecule has 3 rings (SSSR count). The van der Waals surface area contributed by atoms with Crippen LogP contribution >= 0.6 is 0 Å². The van der Waals surface area contributed by atoms with Gasteiger partial charge >= 0.3 is 0 Å². The van der Waals surface area contributed by atoms with Gasteiger partial charge in [0.05, 0.1) is 0 Å². The Hall–Kier alpha value is -0.960. The summed E-state index contributed by atoms with van der Waals surface area (Å²) in [6.45, 7) is 3.46. The molecule has 0 atom stereocenters. The zero-order valence-corrected chi connectivity index (χ0v) is 14.2. The maximum absolute atomic E-state index is 13.9. The van der Waals surface area contributed by atoms with Crippen LogP contribution in [0.1, 0.15) is 76.2 Å². The van der Waals surface area contributed by atoms with E-state index in [1.165, 1.54) is 51.0 Å². The summed E-state index contributed by atoms with van der Waals surface area (Å²) in [6, 6.07) is 4.04. The van der Waals surface area contributed by atoms with Gasteiger partial charge in [-0.2, -0.15) is 0 Å². The Morgan fingerprint density at radius 2 is 1.78 bits per heavy atom. The second kappa shape index (κ2) is 7.29. The van der Waals surface area contributed by atoms with Crippen molar-refractivity contribution in [3.8, 4) is 0 Å². The van der Waals surface area contributed by atoms with Crippen molar-refractivity contribution in [1.29, 1.82) is 0 Å². The van der Waals surface area contributed by atoms with Gasteiger partial charge in [-0.05, 0) is 81.9 Å². The molecule has 2 aliphatic carbocycles. The Kier molecular flexibility index (Phi) is 5.35. The highest BCUT2D eigenvalue weighted by Gasteiger charge is 2.28. The van der Waals surface area contributed by atoms with Crippen LogP contribution in [-0.2, 0) is 0 Å². The maximum atomic E-state index is 13.9. The average molecular weight is 321 g/mol. The lowest BCUT2D eigenvalue weighted by molar-refractivity contribution is 0.282. The van der Waals surface area contributed by atoms with Crippen LogP contribution in [0.25, 0.3) is 0 Å². The first kappa shape index (κ1) is 16.9. The number of halogens is 2. The number of benzene rings is 1. The van der Waals surface area contributed by atoms with E-state index in [2.05, 4.69) is 12.2 Å². The van der Waals surface area contributed by atoms with Crippen molar-refractivity contribution in [1.82, 2.24) is 5.32 Å². The Labute approximate surface area is 138 Å². The van der Waals surface area contributed by atoms with Crippen LogP contribution in [-0.4, -0.2) is 12.1 Å². The second-order valence-electron chi connectivity index (χ2n) is 7.87. The SMILES string of the molecule is CC1(NCCC2CCC(c3ccc(F)cc3F)CC2)CCCC1. The lowest BCUT2D eigenvalue weighted by atomic mass is 9.77. The molecule has 0 aliphatic heterocycles. The van der Waals surface area contributed by atoms with Gasteiger partial charge in [0.1, 0.15) is 11.6 Å². The third kappa shape index (κ3) is 4.32. The molecule has 0 amide bonds.